The molecule has 0 bridgehead atoms. The van der Waals surface area contributed by atoms with Crippen LogP contribution in [0, 0.1) is 0 Å². The lowest BCUT2D eigenvalue weighted by molar-refractivity contribution is 0.174. The van der Waals surface area contributed by atoms with Crippen LogP contribution in [0.5, 0.6) is 5.75 Å². The van der Waals surface area contributed by atoms with Crippen LogP contribution in [0.15, 0.2) is 35.7 Å². The molecule has 0 amide bonds. The minimum Gasteiger partial charge on any atom is -0.508 e. The van der Waals surface area contributed by atoms with Gasteiger partial charge in [-0.1, -0.05) is 18.2 Å². The van der Waals surface area contributed by atoms with Crippen LogP contribution in [0.2, 0.25) is 0 Å². The third-order valence-electron chi connectivity index (χ3n) is 4.75. The van der Waals surface area contributed by atoms with E-state index in [0.717, 1.165) is 44.3 Å². The first-order chi connectivity index (χ1) is 11.3. The molecule has 1 aliphatic rings. The lowest BCUT2D eigenvalue weighted by Crippen LogP contribution is -2.41. The number of fused-ring (bicyclic) bond motifs is 1. The maximum absolute atomic E-state index is 12.7. The molecule has 0 spiro atoms. The van der Waals surface area contributed by atoms with E-state index in [4.69, 9.17) is 0 Å². The Morgan fingerprint density at radius 2 is 2.13 bits per heavy atom. The van der Waals surface area contributed by atoms with E-state index in [-0.39, 0.29) is 6.67 Å². The fraction of sp³-hybridized carbons (Fsp3) is 0.474. The number of thiophene rings is 1. The van der Waals surface area contributed by atoms with Crippen molar-refractivity contribution >= 4 is 11.3 Å². The minimum absolute atomic E-state index is 0.250. The van der Waals surface area contributed by atoms with Gasteiger partial charge in [0.25, 0.3) is 0 Å². The number of phenols is 1. The molecule has 4 heteroatoms. The van der Waals surface area contributed by atoms with Crippen LogP contribution in [0.1, 0.15) is 28.8 Å². The molecular weight excluding hydrogens is 309 g/mol. The second-order valence-corrected chi connectivity index (χ2v) is 7.25. The average molecular weight is 333 g/mol. The number of benzene rings is 1. The number of aromatic hydroxyl groups is 1. The van der Waals surface area contributed by atoms with E-state index in [1.165, 1.54) is 10.4 Å². The minimum atomic E-state index is -0.250. The number of halogens is 1. The summed E-state index contributed by atoms with van der Waals surface area (Å²) < 4.78 is 12.7. The molecule has 0 saturated heterocycles. The second-order valence-electron chi connectivity index (χ2n) is 6.22. The van der Waals surface area contributed by atoms with Crippen LogP contribution >= 0.6 is 11.3 Å². The van der Waals surface area contributed by atoms with Gasteiger partial charge in [-0.25, -0.2) is 0 Å². The maximum Gasteiger partial charge on any atom is 0.119 e. The summed E-state index contributed by atoms with van der Waals surface area (Å²) in [6.07, 6.45) is 4.56. The summed E-state index contributed by atoms with van der Waals surface area (Å²) in [5.41, 5.74) is 2.36. The van der Waals surface area contributed by atoms with Gasteiger partial charge < -0.3 is 5.11 Å². The van der Waals surface area contributed by atoms with E-state index in [1.807, 2.05) is 6.07 Å². The Morgan fingerprint density at radius 1 is 1.22 bits per heavy atom. The highest BCUT2D eigenvalue weighted by atomic mass is 32.1. The fourth-order valence-electron chi connectivity index (χ4n) is 3.53. The van der Waals surface area contributed by atoms with Crippen LogP contribution < -0.4 is 0 Å². The Hall–Kier alpha value is -1.39. The lowest BCUT2D eigenvalue weighted by atomic mass is 9.86. The smallest absolute Gasteiger partial charge is 0.119 e. The third-order valence-corrected chi connectivity index (χ3v) is 5.69. The standard InChI is InChI=1S/C19H24FNOS/c20-10-3-11-21(12-9-17-5-2-13-23-17)16-7-8-18-15(14-16)4-1-6-19(18)22/h1-2,4-6,13,16,22H,3,7-12,14H2. The van der Waals surface area contributed by atoms with Gasteiger partial charge in [-0.05, 0) is 60.7 Å². The first-order valence-electron chi connectivity index (χ1n) is 8.40. The van der Waals surface area contributed by atoms with E-state index in [1.54, 1.807) is 17.4 Å². The van der Waals surface area contributed by atoms with Crippen molar-refractivity contribution in [3.05, 3.63) is 51.7 Å². The van der Waals surface area contributed by atoms with Crippen molar-refractivity contribution in [2.24, 2.45) is 0 Å². The Kier molecular flexibility index (Phi) is 5.68. The molecule has 0 saturated carbocycles. The monoisotopic (exact) mass is 333 g/mol. The molecule has 2 nitrogen and oxygen atoms in total. The number of phenolic OH excluding ortho intramolecular Hbond substituents is 1. The Bertz CT molecular complexity index is 614. The summed E-state index contributed by atoms with van der Waals surface area (Å²) in [6, 6.07) is 10.5. The quantitative estimate of drug-likeness (QED) is 0.820. The maximum atomic E-state index is 12.7. The van der Waals surface area contributed by atoms with Gasteiger partial charge in [0.05, 0.1) is 6.67 Å². The Balaban J connectivity index is 1.67. The molecule has 1 heterocycles. The molecule has 3 rings (SSSR count). The molecule has 1 atom stereocenters. The predicted molar refractivity (Wildman–Crippen MR) is 94.1 cm³/mol. The van der Waals surface area contributed by atoms with E-state index in [0.29, 0.717) is 18.2 Å². The molecule has 124 valence electrons. The van der Waals surface area contributed by atoms with Crippen molar-refractivity contribution in [3.8, 4) is 5.75 Å². The first-order valence-corrected chi connectivity index (χ1v) is 9.28. The SMILES string of the molecule is Oc1cccc2c1CCC(N(CCCF)CCc1cccs1)C2. The summed E-state index contributed by atoms with van der Waals surface area (Å²) in [7, 11) is 0. The van der Waals surface area contributed by atoms with E-state index in [2.05, 4.69) is 28.5 Å². The van der Waals surface area contributed by atoms with Crippen molar-refractivity contribution in [2.45, 2.75) is 38.1 Å². The molecule has 23 heavy (non-hydrogen) atoms. The number of nitrogens with zero attached hydrogens (tertiary/aromatic N) is 1. The molecule has 1 aliphatic carbocycles. The summed E-state index contributed by atoms with van der Waals surface area (Å²) in [5, 5.41) is 12.1. The highest BCUT2D eigenvalue weighted by Crippen LogP contribution is 2.30. The zero-order valence-electron chi connectivity index (χ0n) is 13.4. The van der Waals surface area contributed by atoms with Crippen LogP contribution in [0.4, 0.5) is 4.39 Å². The molecule has 0 radical (unpaired) electrons. The van der Waals surface area contributed by atoms with Gasteiger partial charge in [-0.3, -0.25) is 9.29 Å². The normalized spacial score (nSPS) is 17.4. The van der Waals surface area contributed by atoms with Gasteiger partial charge in [0.1, 0.15) is 5.75 Å². The number of hydrogen-bond donors (Lipinski definition) is 1. The zero-order chi connectivity index (χ0) is 16.1. The van der Waals surface area contributed by atoms with E-state index < -0.39 is 0 Å². The number of alkyl halides is 1. The van der Waals surface area contributed by atoms with Gasteiger partial charge in [0.15, 0.2) is 0 Å². The molecule has 0 aliphatic heterocycles. The molecule has 1 N–H and O–H groups in total. The van der Waals surface area contributed by atoms with Crippen molar-refractivity contribution in [2.75, 3.05) is 19.8 Å². The predicted octanol–water partition coefficient (Wildman–Crippen LogP) is 4.22. The molecule has 0 fully saturated rings. The van der Waals surface area contributed by atoms with Crippen LogP contribution in [0.3, 0.4) is 0 Å². The second kappa shape index (κ2) is 7.93. The highest BCUT2D eigenvalue weighted by molar-refractivity contribution is 7.09. The first kappa shape index (κ1) is 16.5. The molecule has 1 unspecified atom stereocenters. The Morgan fingerprint density at radius 3 is 2.91 bits per heavy atom. The summed E-state index contributed by atoms with van der Waals surface area (Å²) in [6.45, 7) is 1.56. The molecular formula is C19H24FNOS. The largest absolute Gasteiger partial charge is 0.508 e. The summed E-state index contributed by atoms with van der Waals surface area (Å²) in [4.78, 5) is 3.84. The van der Waals surface area contributed by atoms with Gasteiger partial charge in [0.2, 0.25) is 0 Å². The molecule has 2 aromatic rings. The van der Waals surface area contributed by atoms with Crippen molar-refractivity contribution in [1.82, 2.24) is 4.90 Å². The number of hydrogen-bond acceptors (Lipinski definition) is 3. The lowest BCUT2D eigenvalue weighted by Gasteiger charge is -2.35. The van der Waals surface area contributed by atoms with Crippen molar-refractivity contribution in [3.63, 3.8) is 0 Å². The van der Waals surface area contributed by atoms with Crippen LogP contribution in [-0.4, -0.2) is 35.8 Å². The van der Waals surface area contributed by atoms with Gasteiger partial charge in [-0.15, -0.1) is 11.3 Å². The molecule has 1 aromatic carbocycles. The highest BCUT2D eigenvalue weighted by Gasteiger charge is 2.25. The zero-order valence-corrected chi connectivity index (χ0v) is 14.2. The van der Waals surface area contributed by atoms with Gasteiger partial charge >= 0.3 is 0 Å². The third kappa shape index (κ3) is 4.12. The molecule has 1 aromatic heterocycles. The van der Waals surface area contributed by atoms with E-state index in [9.17, 15) is 9.50 Å². The fourth-order valence-corrected chi connectivity index (χ4v) is 4.23. The van der Waals surface area contributed by atoms with E-state index >= 15 is 0 Å². The van der Waals surface area contributed by atoms with Crippen LogP contribution in [0.25, 0.3) is 0 Å². The Labute approximate surface area is 141 Å². The van der Waals surface area contributed by atoms with Gasteiger partial charge in [0, 0.05) is 24.0 Å². The van der Waals surface area contributed by atoms with Crippen LogP contribution in [-0.2, 0) is 19.3 Å². The number of rotatable bonds is 7. The topological polar surface area (TPSA) is 23.5 Å². The summed E-state index contributed by atoms with van der Waals surface area (Å²) >= 11 is 1.79. The summed E-state index contributed by atoms with van der Waals surface area (Å²) in [5.74, 6) is 0.426. The van der Waals surface area contributed by atoms with Crippen molar-refractivity contribution in [1.29, 1.82) is 0 Å². The van der Waals surface area contributed by atoms with Crippen molar-refractivity contribution < 1.29 is 9.50 Å². The average Bonchev–Trinajstić information content (AvgIpc) is 3.08. The van der Waals surface area contributed by atoms with Gasteiger partial charge in [-0.2, -0.15) is 0 Å².